The summed E-state index contributed by atoms with van der Waals surface area (Å²) in [5.74, 6) is 0.556. The van der Waals surface area contributed by atoms with E-state index in [0.29, 0.717) is 30.3 Å². The van der Waals surface area contributed by atoms with Crippen LogP contribution in [0.4, 0.5) is 21.9 Å². The third-order valence-electron chi connectivity index (χ3n) is 6.20. The quantitative estimate of drug-likeness (QED) is 0.495. The van der Waals surface area contributed by atoms with Crippen LogP contribution in [0.3, 0.4) is 0 Å². The van der Waals surface area contributed by atoms with Crippen molar-refractivity contribution >= 4 is 29.0 Å². The Morgan fingerprint density at radius 2 is 1.67 bits per heavy atom. The first kappa shape index (κ1) is 24.6. The van der Waals surface area contributed by atoms with Gasteiger partial charge in [0.15, 0.2) is 0 Å². The number of hydrogen-bond acceptors (Lipinski definition) is 4. The fraction of sp³-hybridized carbons (Fsp3) is 0.462. The Morgan fingerprint density at radius 1 is 1.00 bits per heavy atom. The molecule has 0 saturated carbocycles. The topological polar surface area (TPSA) is 82.7 Å². The van der Waals surface area contributed by atoms with Gasteiger partial charge in [-0.25, -0.2) is 4.79 Å². The molecule has 2 aromatic rings. The van der Waals surface area contributed by atoms with Gasteiger partial charge in [0.2, 0.25) is 0 Å². The maximum atomic E-state index is 13.0. The molecule has 1 aliphatic heterocycles. The summed E-state index contributed by atoms with van der Waals surface area (Å²) in [6.45, 7) is 9.28. The van der Waals surface area contributed by atoms with E-state index in [-0.39, 0.29) is 11.9 Å². The van der Waals surface area contributed by atoms with Crippen LogP contribution in [0.1, 0.15) is 47.7 Å². The van der Waals surface area contributed by atoms with Gasteiger partial charge in [-0.1, -0.05) is 13.0 Å². The number of urea groups is 1. The van der Waals surface area contributed by atoms with Gasteiger partial charge in [0.05, 0.1) is 5.56 Å². The molecular formula is C26H36N4O3. The van der Waals surface area contributed by atoms with Crippen molar-refractivity contribution in [2.45, 2.75) is 40.0 Å². The average molecular weight is 453 g/mol. The van der Waals surface area contributed by atoms with E-state index in [1.54, 1.807) is 13.2 Å². The summed E-state index contributed by atoms with van der Waals surface area (Å²) >= 11 is 0. The molecule has 1 aliphatic rings. The maximum absolute atomic E-state index is 13.0. The van der Waals surface area contributed by atoms with Crippen LogP contribution in [0.2, 0.25) is 0 Å². The second-order valence-corrected chi connectivity index (χ2v) is 8.88. The summed E-state index contributed by atoms with van der Waals surface area (Å²) in [5.41, 5.74) is 5.07. The van der Waals surface area contributed by atoms with Gasteiger partial charge >= 0.3 is 6.03 Å². The van der Waals surface area contributed by atoms with Crippen molar-refractivity contribution in [3.8, 4) is 0 Å². The van der Waals surface area contributed by atoms with Crippen LogP contribution < -0.4 is 20.9 Å². The lowest BCUT2D eigenvalue weighted by Gasteiger charge is -2.33. The number of nitrogens with zero attached hydrogens (tertiary/aromatic N) is 1. The smallest absolute Gasteiger partial charge is 0.323 e. The van der Waals surface area contributed by atoms with Crippen molar-refractivity contribution in [3.05, 3.63) is 53.1 Å². The summed E-state index contributed by atoms with van der Waals surface area (Å²) in [6, 6.07) is 11.0. The first-order valence-corrected chi connectivity index (χ1v) is 11.7. The number of nitrogens with one attached hydrogen (secondary N) is 3. The number of carbonyl (C=O) groups is 2. The second-order valence-electron chi connectivity index (χ2n) is 8.88. The second kappa shape index (κ2) is 11.7. The molecule has 0 aliphatic carbocycles. The molecular weight excluding hydrogens is 416 g/mol. The molecule has 3 amide bonds. The van der Waals surface area contributed by atoms with Gasteiger partial charge in [-0.3, -0.25) is 4.79 Å². The minimum Gasteiger partial charge on any atom is -0.385 e. The molecule has 3 rings (SSSR count). The lowest BCUT2D eigenvalue weighted by molar-refractivity contribution is 0.0949. The normalized spacial score (nSPS) is 14.1. The molecule has 0 bridgehead atoms. The van der Waals surface area contributed by atoms with E-state index in [4.69, 9.17) is 4.74 Å². The molecule has 178 valence electrons. The van der Waals surface area contributed by atoms with E-state index in [0.717, 1.165) is 49.3 Å². The van der Waals surface area contributed by atoms with Crippen LogP contribution in [0.25, 0.3) is 0 Å². The Bertz CT molecular complexity index is 968. The number of methoxy groups -OCH3 is 1. The van der Waals surface area contributed by atoms with E-state index in [9.17, 15) is 9.59 Å². The van der Waals surface area contributed by atoms with Gasteiger partial charge in [0.1, 0.15) is 0 Å². The number of anilines is 3. The predicted molar refractivity (Wildman–Crippen MR) is 134 cm³/mol. The minimum absolute atomic E-state index is 0.141. The van der Waals surface area contributed by atoms with Gasteiger partial charge in [-0.05, 0) is 80.5 Å². The van der Waals surface area contributed by atoms with Crippen LogP contribution >= 0.6 is 0 Å². The van der Waals surface area contributed by atoms with E-state index in [2.05, 4.69) is 27.8 Å². The number of aryl methyl sites for hydroxylation is 2. The zero-order valence-corrected chi connectivity index (χ0v) is 20.2. The SMILES string of the molecule is COCCCNC(=O)c1cc(NC(=O)Nc2ccc(C)c(C)c2)ccc1N1CCC(C)CC1. The number of benzene rings is 2. The van der Waals surface area contributed by atoms with Crippen molar-refractivity contribution in [1.29, 1.82) is 0 Å². The summed E-state index contributed by atoms with van der Waals surface area (Å²) in [7, 11) is 1.65. The lowest BCUT2D eigenvalue weighted by Crippen LogP contribution is -2.35. The van der Waals surface area contributed by atoms with Crippen molar-refractivity contribution in [2.24, 2.45) is 5.92 Å². The Balaban J connectivity index is 1.75. The van der Waals surface area contributed by atoms with Crippen molar-refractivity contribution in [2.75, 3.05) is 48.9 Å². The highest BCUT2D eigenvalue weighted by Gasteiger charge is 2.22. The highest BCUT2D eigenvalue weighted by atomic mass is 16.5. The largest absolute Gasteiger partial charge is 0.385 e. The molecule has 3 N–H and O–H groups in total. The van der Waals surface area contributed by atoms with Crippen LogP contribution in [-0.2, 0) is 4.74 Å². The Hall–Kier alpha value is -3.06. The van der Waals surface area contributed by atoms with Crippen LogP contribution in [-0.4, -0.2) is 45.3 Å². The summed E-state index contributed by atoms with van der Waals surface area (Å²) in [6.07, 6.45) is 2.95. The molecule has 0 unspecified atom stereocenters. The fourth-order valence-corrected chi connectivity index (χ4v) is 3.95. The molecule has 1 saturated heterocycles. The predicted octanol–water partition coefficient (Wildman–Crippen LogP) is 4.95. The van der Waals surface area contributed by atoms with Crippen LogP contribution in [0.5, 0.6) is 0 Å². The number of piperidine rings is 1. The average Bonchev–Trinajstić information content (AvgIpc) is 2.79. The number of rotatable bonds is 8. The third-order valence-corrected chi connectivity index (χ3v) is 6.20. The zero-order chi connectivity index (χ0) is 23.8. The first-order valence-electron chi connectivity index (χ1n) is 11.7. The maximum Gasteiger partial charge on any atom is 0.323 e. The lowest BCUT2D eigenvalue weighted by atomic mass is 9.98. The van der Waals surface area contributed by atoms with Gasteiger partial charge in [-0.15, -0.1) is 0 Å². The highest BCUT2D eigenvalue weighted by molar-refractivity contribution is 6.04. The molecule has 0 aromatic heterocycles. The monoisotopic (exact) mass is 452 g/mol. The van der Waals surface area contributed by atoms with E-state index in [1.807, 2.05) is 44.2 Å². The standard InChI is InChI=1S/C26H36N4O3/c1-18-10-13-30(14-11-18)24-9-8-22(17-23(24)25(31)27-12-5-15-33-4)29-26(32)28-21-7-6-19(2)20(3)16-21/h6-9,16-18H,5,10-15H2,1-4H3,(H,27,31)(H2,28,29,32). The van der Waals surface area contributed by atoms with Gasteiger partial charge in [0.25, 0.3) is 5.91 Å². The van der Waals surface area contributed by atoms with Crippen molar-refractivity contribution in [1.82, 2.24) is 5.32 Å². The molecule has 1 fully saturated rings. The van der Waals surface area contributed by atoms with Gasteiger partial charge in [-0.2, -0.15) is 0 Å². The van der Waals surface area contributed by atoms with Crippen LogP contribution in [0.15, 0.2) is 36.4 Å². The summed E-state index contributed by atoms with van der Waals surface area (Å²) in [5, 5.41) is 8.71. The van der Waals surface area contributed by atoms with Crippen molar-refractivity contribution in [3.63, 3.8) is 0 Å². The number of hydrogen-bond donors (Lipinski definition) is 3. The van der Waals surface area contributed by atoms with Crippen LogP contribution in [0, 0.1) is 19.8 Å². The Morgan fingerprint density at radius 3 is 2.33 bits per heavy atom. The summed E-state index contributed by atoms with van der Waals surface area (Å²) in [4.78, 5) is 27.9. The van der Waals surface area contributed by atoms with E-state index < -0.39 is 0 Å². The molecule has 0 atom stereocenters. The van der Waals surface area contributed by atoms with Crippen molar-refractivity contribution < 1.29 is 14.3 Å². The number of ether oxygens (including phenoxy) is 1. The Labute approximate surface area is 196 Å². The Kier molecular flexibility index (Phi) is 8.72. The fourth-order valence-electron chi connectivity index (χ4n) is 3.95. The van der Waals surface area contributed by atoms with Gasteiger partial charge < -0.3 is 25.6 Å². The molecule has 33 heavy (non-hydrogen) atoms. The molecule has 7 heteroatoms. The van der Waals surface area contributed by atoms with E-state index in [1.165, 1.54) is 5.56 Å². The van der Waals surface area contributed by atoms with Gasteiger partial charge in [0, 0.05) is 50.4 Å². The molecule has 0 radical (unpaired) electrons. The summed E-state index contributed by atoms with van der Waals surface area (Å²) < 4.78 is 5.07. The molecule has 1 heterocycles. The zero-order valence-electron chi connectivity index (χ0n) is 20.2. The highest BCUT2D eigenvalue weighted by Crippen LogP contribution is 2.29. The first-order chi connectivity index (χ1) is 15.9. The number of amides is 3. The van der Waals surface area contributed by atoms with E-state index >= 15 is 0 Å². The third kappa shape index (κ3) is 6.96. The molecule has 2 aromatic carbocycles. The molecule has 0 spiro atoms. The minimum atomic E-state index is -0.343. The number of carbonyl (C=O) groups excluding carboxylic acids is 2. The molecule has 7 nitrogen and oxygen atoms in total.